The Balaban J connectivity index is 2.35. The Morgan fingerprint density at radius 1 is 1.25 bits per heavy atom. The molecule has 1 fully saturated rings. The summed E-state index contributed by atoms with van der Waals surface area (Å²) in [5, 5.41) is 2.98. The van der Waals surface area contributed by atoms with Crippen LogP contribution < -0.4 is 5.32 Å². The zero-order chi connectivity index (χ0) is 11.6. The van der Waals surface area contributed by atoms with E-state index in [2.05, 4.69) is 15.3 Å². The van der Waals surface area contributed by atoms with E-state index in [4.69, 9.17) is 0 Å². The molecule has 0 radical (unpaired) electrons. The van der Waals surface area contributed by atoms with Crippen LogP contribution in [0, 0.1) is 6.92 Å². The molecule has 0 aromatic carbocycles. The number of nitrogens with zero attached hydrogens (tertiary/aromatic N) is 2. The molecule has 1 aromatic rings. The van der Waals surface area contributed by atoms with Gasteiger partial charge in [-0.2, -0.15) is 0 Å². The van der Waals surface area contributed by atoms with Crippen LogP contribution >= 0.6 is 0 Å². The third kappa shape index (κ3) is 2.08. The number of nitrogens with one attached hydrogen (secondary N) is 1. The van der Waals surface area contributed by atoms with Crippen molar-refractivity contribution in [3.05, 3.63) is 18.1 Å². The van der Waals surface area contributed by atoms with Crippen LogP contribution in [0.4, 0.5) is 0 Å². The molecule has 0 atom stereocenters. The topological polar surface area (TPSA) is 72.0 Å². The molecule has 16 heavy (non-hydrogen) atoms. The van der Waals surface area contributed by atoms with Crippen LogP contribution in [0.5, 0.6) is 0 Å². The van der Waals surface area contributed by atoms with Crippen LogP contribution in [0.1, 0.15) is 18.5 Å². The predicted octanol–water partition coefficient (Wildman–Crippen LogP) is 0.311. The van der Waals surface area contributed by atoms with Crippen LogP contribution in [0.25, 0.3) is 0 Å². The molecule has 0 unspecified atom stereocenters. The van der Waals surface area contributed by atoms with Gasteiger partial charge >= 0.3 is 0 Å². The Bertz CT molecular complexity index is 467. The maximum absolute atomic E-state index is 12.3. The summed E-state index contributed by atoms with van der Waals surface area (Å²) < 4.78 is 24.6. The molecule has 1 aromatic heterocycles. The van der Waals surface area contributed by atoms with Gasteiger partial charge < -0.3 is 5.32 Å². The predicted molar refractivity (Wildman–Crippen MR) is 59.8 cm³/mol. The third-order valence-corrected chi connectivity index (χ3v) is 5.12. The van der Waals surface area contributed by atoms with Gasteiger partial charge in [0.25, 0.3) is 0 Å². The summed E-state index contributed by atoms with van der Waals surface area (Å²) in [6, 6.07) is 0. The average molecular weight is 241 g/mol. The first kappa shape index (κ1) is 11.5. The summed E-state index contributed by atoms with van der Waals surface area (Å²) in [5.74, 6) is 0. The molecule has 1 aliphatic heterocycles. The Labute approximate surface area is 95.2 Å². The molecule has 0 amide bonds. The highest BCUT2D eigenvalue weighted by Crippen LogP contribution is 2.21. The Hall–Kier alpha value is -1.01. The maximum atomic E-state index is 12.3. The summed E-state index contributed by atoms with van der Waals surface area (Å²) in [5.41, 5.74) is 0.487. The minimum Gasteiger partial charge on any atom is -0.317 e. The van der Waals surface area contributed by atoms with Crippen LogP contribution in [0.2, 0.25) is 0 Å². The molecule has 1 aliphatic rings. The van der Waals surface area contributed by atoms with E-state index in [1.165, 1.54) is 12.4 Å². The molecule has 1 saturated heterocycles. The van der Waals surface area contributed by atoms with Crippen molar-refractivity contribution in [1.82, 2.24) is 15.3 Å². The van der Waals surface area contributed by atoms with Gasteiger partial charge in [0.05, 0.1) is 10.9 Å². The Morgan fingerprint density at radius 2 is 1.88 bits per heavy atom. The van der Waals surface area contributed by atoms with Gasteiger partial charge in [-0.1, -0.05) is 0 Å². The molecule has 0 spiro atoms. The number of hydrogen-bond donors (Lipinski definition) is 1. The van der Waals surface area contributed by atoms with Crippen molar-refractivity contribution in [3.8, 4) is 0 Å². The van der Waals surface area contributed by atoms with Crippen molar-refractivity contribution < 1.29 is 8.42 Å². The minimum absolute atomic E-state index is 0.141. The second-order valence-electron chi connectivity index (χ2n) is 3.94. The molecule has 6 heteroatoms. The standard InChI is InChI=1S/C10H15N3O2S/c1-8-10(13-7-6-12-8)16(14,15)9-2-4-11-5-3-9/h6-7,9,11H,2-5H2,1H3. The number of hydrogen-bond acceptors (Lipinski definition) is 5. The Morgan fingerprint density at radius 3 is 2.50 bits per heavy atom. The number of aryl methyl sites for hydroxylation is 1. The fourth-order valence-corrected chi connectivity index (χ4v) is 3.78. The zero-order valence-electron chi connectivity index (χ0n) is 9.18. The van der Waals surface area contributed by atoms with Gasteiger partial charge in [-0.3, -0.25) is 4.98 Å². The van der Waals surface area contributed by atoms with E-state index in [1.54, 1.807) is 6.92 Å². The smallest absolute Gasteiger partial charge is 0.200 e. The van der Waals surface area contributed by atoms with Crippen LogP contribution in [0.15, 0.2) is 17.4 Å². The second kappa shape index (κ2) is 4.47. The van der Waals surface area contributed by atoms with Crippen molar-refractivity contribution in [3.63, 3.8) is 0 Å². The highest BCUT2D eigenvalue weighted by molar-refractivity contribution is 7.92. The quantitative estimate of drug-likeness (QED) is 0.807. The number of rotatable bonds is 2. The lowest BCUT2D eigenvalue weighted by Gasteiger charge is -2.22. The van der Waals surface area contributed by atoms with Crippen molar-refractivity contribution in [2.45, 2.75) is 30.0 Å². The minimum atomic E-state index is -3.31. The van der Waals surface area contributed by atoms with E-state index in [-0.39, 0.29) is 10.3 Å². The first-order chi connectivity index (χ1) is 7.62. The first-order valence-corrected chi connectivity index (χ1v) is 6.89. The third-order valence-electron chi connectivity index (χ3n) is 2.83. The van der Waals surface area contributed by atoms with Gasteiger partial charge in [0.1, 0.15) is 0 Å². The summed E-state index contributed by atoms with van der Waals surface area (Å²) in [6.45, 7) is 3.19. The lowest BCUT2D eigenvalue weighted by Crippen LogP contribution is -2.36. The summed E-state index contributed by atoms with van der Waals surface area (Å²) in [4.78, 5) is 7.94. The van der Waals surface area contributed by atoms with Crippen molar-refractivity contribution in [2.75, 3.05) is 13.1 Å². The van der Waals surface area contributed by atoms with Gasteiger partial charge in [-0.05, 0) is 32.9 Å². The molecule has 1 N–H and O–H groups in total. The number of aromatic nitrogens is 2. The second-order valence-corrected chi connectivity index (χ2v) is 6.08. The van der Waals surface area contributed by atoms with E-state index in [1.807, 2.05) is 0 Å². The van der Waals surface area contributed by atoms with Crippen molar-refractivity contribution >= 4 is 9.84 Å². The molecule has 88 valence electrons. The molecule has 0 saturated carbocycles. The average Bonchev–Trinajstić information content (AvgIpc) is 2.30. The largest absolute Gasteiger partial charge is 0.317 e. The van der Waals surface area contributed by atoms with Crippen molar-refractivity contribution in [1.29, 1.82) is 0 Å². The lowest BCUT2D eigenvalue weighted by molar-refractivity contribution is 0.494. The summed E-state index contributed by atoms with van der Waals surface area (Å²) >= 11 is 0. The number of sulfone groups is 1. The fourth-order valence-electron chi connectivity index (χ4n) is 1.94. The molecule has 2 heterocycles. The monoisotopic (exact) mass is 241 g/mol. The van der Waals surface area contributed by atoms with Gasteiger partial charge in [0, 0.05) is 12.4 Å². The SMILES string of the molecule is Cc1nccnc1S(=O)(=O)C1CCNCC1. The summed E-state index contributed by atoms with van der Waals surface area (Å²) in [6.07, 6.45) is 4.24. The molecular formula is C10H15N3O2S. The highest BCUT2D eigenvalue weighted by Gasteiger charge is 2.31. The molecular weight excluding hydrogens is 226 g/mol. The van der Waals surface area contributed by atoms with Gasteiger partial charge in [0.15, 0.2) is 14.9 Å². The van der Waals surface area contributed by atoms with Gasteiger partial charge in [-0.15, -0.1) is 0 Å². The fraction of sp³-hybridized carbons (Fsp3) is 0.600. The van der Waals surface area contributed by atoms with E-state index in [0.717, 1.165) is 13.1 Å². The molecule has 0 aliphatic carbocycles. The van der Waals surface area contributed by atoms with Crippen molar-refractivity contribution in [2.24, 2.45) is 0 Å². The maximum Gasteiger partial charge on any atom is 0.200 e. The zero-order valence-corrected chi connectivity index (χ0v) is 10.00. The molecule has 2 rings (SSSR count). The number of piperidine rings is 1. The first-order valence-electron chi connectivity index (χ1n) is 5.34. The highest BCUT2D eigenvalue weighted by atomic mass is 32.2. The van der Waals surface area contributed by atoms with E-state index >= 15 is 0 Å². The van der Waals surface area contributed by atoms with Gasteiger partial charge in [-0.25, -0.2) is 13.4 Å². The Kier molecular flexibility index (Phi) is 3.20. The van der Waals surface area contributed by atoms with Crippen LogP contribution in [0.3, 0.4) is 0 Å². The van der Waals surface area contributed by atoms with E-state index in [9.17, 15) is 8.42 Å². The normalized spacial score (nSPS) is 18.6. The molecule has 5 nitrogen and oxygen atoms in total. The van der Waals surface area contributed by atoms with Crippen LogP contribution in [-0.2, 0) is 9.84 Å². The lowest BCUT2D eigenvalue weighted by atomic mass is 10.2. The molecule has 0 bridgehead atoms. The van der Waals surface area contributed by atoms with Gasteiger partial charge in [0.2, 0.25) is 0 Å². The van der Waals surface area contributed by atoms with E-state index < -0.39 is 9.84 Å². The summed E-state index contributed by atoms with van der Waals surface area (Å²) in [7, 11) is -3.31. The van der Waals surface area contributed by atoms with Crippen LogP contribution in [-0.4, -0.2) is 36.7 Å². The van der Waals surface area contributed by atoms with E-state index in [0.29, 0.717) is 18.5 Å².